The summed E-state index contributed by atoms with van der Waals surface area (Å²) in [5, 5.41) is 13.0. The van der Waals surface area contributed by atoms with Gasteiger partial charge in [0.1, 0.15) is 12.1 Å². The van der Waals surface area contributed by atoms with E-state index in [0.29, 0.717) is 12.8 Å². The lowest BCUT2D eigenvalue weighted by molar-refractivity contribution is -0.387. The van der Waals surface area contributed by atoms with Gasteiger partial charge in [-0.25, -0.2) is 4.79 Å². The summed E-state index contributed by atoms with van der Waals surface area (Å²) in [4.78, 5) is 61.4. The molecule has 1 saturated carbocycles. The average Bonchev–Trinajstić information content (AvgIpc) is 2.90. The Bertz CT molecular complexity index is 945. The van der Waals surface area contributed by atoms with Crippen LogP contribution >= 0.6 is 0 Å². The zero-order valence-electron chi connectivity index (χ0n) is 16.8. The molecule has 0 unspecified atom stereocenters. The maximum atomic E-state index is 13.3. The molecule has 0 aromatic heterocycles. The van der Waals surface area contributed by atoms with E-state index in [1.165, 1.54) is 11.9 Å². The molecule has 4 amide bonds. The van der Waals surface area contributed by atoms with Gasteiger partial charge in [-0.15, -0.1) is 0 Å². The number of amides is 4. The smallest absolute Gasteiger partial charge is 0.327 e. The predicted molar refractivity (Wildman–Crippen MR) is 103 cm³/mol. The molecule has 0 radical (unpaired) electrons. The van der Waals surface area contributed by atoms with Crippen molar-refractivity contribution < 1.29 is 33.2 Å². The molecule has 1 aromatic rings. The molecule has 1 spiro atoms. The Balaban J connectivity index is 1.55. The second-order valence-corrected chi connectivity index (χ2v) is 7.46. The van der Waals surface area contributed by atoms with Gasteiger partial charge < -0.3 is 15.0 Å². The van der Waals surface area contributed by atoms with E-state index in [1.807, 2.05) is 0 Å². The molecule has 1 N–H and O–H groups in total. The van der Waals surface area contributed by atoms with Gasteiger partial charge >= 0.3 is 17.7 Å². The Morgan fingerprint density at radius 1 is 1.26 bits per heavy atom. The molecule has 3 rings (SSSR count). The second-order valence-electron chi connectivity index (χ2n) is 7.46. The Morgan fingerprint density at radius 3 is 2.58 bits per heavy atom. The predicted octanol–water partition coefficient (Wildman–Crippen LogP) is 1.81. The van der Waals surface area contributed by atoms with Crippen LogP contribution in [-0.2, 0) is 19.1 Å². The van der Waals surface area contributed by atoms with Crippen LogP contribution in [0, 0.1) is 15.9 Å². The highest BCUT2D eigenvalue weighted by Gasteiger charge is 2.55. The first-order valence-corrected chi connectivity index (χ1v) is 9.65. The number of nitrogens with one attached hydrogen (secondary N) is 1. The van der Waals surface area contributed by atoms with Gasteiger partial charge in [-0.1, -0.05) is 19.3 Å². The summed E-state index contributed by atoms with van der Waals surface area (Å²) in [6, 6.07) is 2.17. The third kappa shape index (κ3) is 4.32. The normalized spacial score (nSPS) is 17.7. The number of carbonyl (C=O) groups is 4. The molecule has 11 nitrogen and oxygen atoms in total. The van der Waals surface area contributed by atoms with E-state index >= 15 is 0 Å². The number of urea groups is 1. The van der Waals surface area contributed by atoms with E-state index in [-0.39, 0.29) is 5.69 Å². The average molecular weight is 436 g/mol. The maximum absolute atomic E-state index is 13.3. The molecule has 1 saturated heterocycles. The number of nitro groups is 1. The van der Waals surface area contributed by atoms with Crippen LogP contribution in [0.1, 0.15) is 32.1 Å². The molecule has 1 aliphatic heterocycles. The van der Waals surface area contributed by atoms with Crippen LogP contribution in [0.15, 0.2) is 18.2 Å². The molecule has 1 aromatic carbocycles. The fourth-order valence-corrected chi connectivity index (χ4v) is 3.92. The minimum absolute atomic E-state index is 0.0556. The van der Waals surface area contributed by atoms with Crippen molar-refractivity contribution in [3.63, 3.8) is 0 Å². The first-order valence-electron chi connectivity index (χ1n) is 9.65. The first-order chi connectivity index (χ1) is 14.7. The highest BCUT2D eigenvalue weighted by Crippen LogP contribution is 2.39. The summed E-state index contributed by atoms with van der Waals surface area (Å²) >= 11 is 0. The molecular formula is C19H21FN4O7. The van der Waals surface area contributed by atoms with Gasteiger partial charge in [-0.2, -0.15) is 4.39 Å². The number of hydrogen-bond acceptors (Lipinski definition) is 7. The molecule has 31 heavy (non-hydrogen) atoms. The summed E-state index contributed by atoms with van der Waals surface area (Å²) in [6.45, 7) is -1.37. The number of ether oxygens (including phenoxy) is 1. The van der Waals surface area contributed by atoms with E-state index in [9.17, 15) is 33.7 Å². The van der Waals surface area contributed by atoms with Crippen molar-refractivity contribution in [2.45, 2.75) is 37.6 Å². The molecule has 12 heteroatoms. The molecule has 2 fully saturated rings. The van der Waals surface area contributed by atoms with Crippen LogP contribution in [-0.4, -0.2) is 64.3 Å². The molecule has 2 aliphatic rings. The third-order valence-electron chi connectivity index (χ3n) is 5.56. The third-order valence-corrected chi connectivity index (χ3v) is 5.56. The Hall–Kier alpha value is -3.57. The number of imide groups is 1. The summed E-state index contributed by atoms with van der Waals surface area (Å²) in [6.07, 6.45) is 3.66. The van der Waals surface area contributed by atoms with Gasteiger partial charge in [-0.3, -0.25) is 29.4 Å². The molecular weight excluding hydrogens is 415 g/mol. The van der Waals surface area contributed by atoms with Gasteiger partial charge in [0, 0.05) is 18.8 Å². The highest BCUT2D eigenvalue weighted by atomic mass is 19.1. The standard InChI is InChI=1S/C19H21FN4O7/c1-22-18(28)23(17(27)19(22)7-3-2-4-8-19)10-16(26)31-11-15(25)21-12-5-6-13(20)14(9-12)24(29)30/h5-6,9H,2-4,7-8,10-11H2,1H3,(H,21,25). The number of esters is 1. The number of halogens is 1. The molecule has 1 heterocycles. The van der Waals surface area contributed by atoms with Crippen LogP contribution < -0.4 is 5.32 Å². The number of benzene rings is 1. The van der Waals surface area contributed by atoms with Crippen molar-refractivity contribution in [2.75, 3.05) is 25.5 Å². The lowest BCUT2D eigenvalue weighted by atomic mass is 9.81. The van der Waals surface area contributed by atoms with E-state index in [1.54, 1.807) is 0 Å². The lowest BCUT2D eigenvalue weighted by Gasteiger charge is -2.35. The number of carbonyl (C=O) groups excluding carboxylic acids is 4. The minimum atomic E-state index is -1.06. The molecule has 166 valence electrons. The van der Waals surface area contributed by atoms with Crippen LogP contribution in [0.25, 0.3) is 0 Å². The van der Waals surface area contributed by atoms with Crippen LogP contribution in [0.2, 0.25) is 0 Å². The van der Waals surface area contributed by atoms with E-state index in [4.69, 9.17) is 4.74 Å². The van der Waals surface area contributed by atoms with Crippen molar-refractivity contribution >= 4 is 35.2 Å². The number of likely N-dealkylation sites (N-methyl/N-ethyl adjacent to an activating group) is 1. The van der Waals surface area contributed by atoms with Crippen molar-refractivity contribution in [3.8, 4) is 0 Å². The highest BCUT2D eigenvalue weighted by molar-refractivity contribution is 6.08. The SMILES string of the molecule is CN1C(=O)N(CC(=O)OCC(=O)Nc2ccc(F)c([N+](=O)[O-])c2)C(=O)C12CCCCC2. The first kappa shape index (κ1) is 22.1. The quantitative estimate of drug-likeness (QED) is 0.310. The van der Waals surface area contributed by atoms with E-state index in [2.05, 4.69) is 5.32 Å². The second kappa shape index (κ2) is 8.66. The van der Waals surface area contributed by atoms with Crippen molar-refractivity contribution in [3.05, 3.63) is 34.1 Å². The largest absolute Gasteiger partial charge is 0.454 e. The number of rotatable bonds is 6. The van der Waals surface area contributed by atoms with Crippen LogP contribution in [0.3, 0.4) is 0 Å². The van der Waals surface area contributed by atoms with Gasteiger partial charge in [0.05, 0.1) is 4.92 Å². The summed E-state index contributed by atoms with van der Waals surface area (Å²) in [5.74, 6) is -3.29. The van der Waals surface area contributed by atoms with Crippen molar-refractivity contribution in [1.82, 2.24) is 9.80 Å². The fourth-order valence-electron chi connectivity index (χ4n) is 3.92. The van der Waals surface area contributed by atoms with Gasteiger partial charge in [0.15, 0.2) is 6.61 Å². The summed E-state index contributed by atoms with van der Waals surface area (Å²) < 4.78 is 18.2. The Labute approximate surface area is 176 Å². The Morgan fingerprint density at radius 2 is 1.94 bits per heavy atom. The molecule has 0 bridgehead atoms. The van der Waals surface area contributed by atoms with Crippen LogP contribution in [0.5, 0.6) is 0 Å². The fraction of sp³-hybridized carbons (Fsp3) is 0.474. The summed E-state index contributed by atoms with van der Waals surface area (Å²) in [5.41, 5.74) is -1.80. The number of nitrogens with zero attached hydrogens (tertiary/aromatic N) is 3. The monoisotopic (exact) mass is 436 g/mol. The zero-order chi connectivity index (χ0) is 22.8. The molecule has 1 aliphatic carbocycles. The topological polar surface area (TPSA) is 139 Å². The number of anilines is 1. The molecule has 0 atom stereocenters. The van der Waals surface area contributed by atoms with Crippen LogP contribution in [0.4, 0.5) is 20.6 Å². The lowest BCUT2D eigenvalue weighted by Crippen LogP contribution is -2.49. The number of hydrogen-bond donors (Lipinski definition) is 1. The zero-order valence-corrected chi connectivity index (χ0v) is 16.8. The minimum Gasteiger partial charge on any atom is -0.454 e. The van der Waals surface area contributed by atoms with Gasteiger partial charge in [0.25, 0.3) is 11.8 Å². The van der Waals surface area contributed by atoms with Gasteiger partial charge in [-0.05, 0) is 25.0 Å². The summed E-state index contributed by atoms with van der Waals surface area (Å²) in [7, 11) is 1.53. The van der Waals surface area contributed by atoms with Crippen molar-refractivity contribution in [2.24, 2.45) is 0 Å². The Kier molecular flexibility index (Phi) is 6.18. The number of nitro benzene ring substituents is 1. The van der Waals surface area contributed by atoms with E-state index < -0.39 is 58.9 Å². The van der Waals surface area contributed by atoms with Crippen molar-refractivity contribution in [1.29, 1.82) is 0 Å². The van der Waals surface area contributed by atoms with E-state index in [0.717, 1.165) is 42.4 Å². The van der Waals surface area contributed by atoms with Gasteiger partial charge in [0.2, 0.25) is 5.82 Å². The maximum Gasteiger partial charge on any atom is 0.327 e.